The van der Waals surface area contributed by atoms with Crippen molar-refractivity contribution in [3.05, 3.63) is 54.1 Å². The smallest absolute Gasteiger partial charge is 0.726 e. The van der Waals surface area contributed by atoms with Crippen molar-refractivity contribution in [3.63, 3.8) is 0 Å². The summed E-state index contributed by atoms with van der Waals surface area (Å²) in [6.07, 6.45) is 0. The molecule has 0 aliphatic heterocycles. The maximum Gasteiger partial charge on any atom is 1.00 e. The molecule has 52 heavy (non-hydrogen) atoms. The summed E-state index contributed by atoms with van der Waals surface area (Å²) >= 11 is 0.598. The van der Waals surface area contributed by atoms with Gasteiger partial charge in [-0.1, -0.05) is 0 Å². The summed E-state index contributed by atoms with van der Waals surface area (Å²) in [5, 5.41) is 43.1. The second kappa shape index (κ2) is 24.3. The molecule has 0 heterocycles. The van der Waals surface area contributed by atoms with Gasteiger partial charge >= 0.3 is 88.7 Å². The topological polar surface area (TPSA) is 328 Å². The van der Waals surface area contributed by atoms with E-state index in [2.05, 4.69) is 43.4 Å². The van der Waals surface area contributed by atoms with Crippen LogP contribution in [0.1, 0.15) is 5.56 Å². The Morgan fingerprint density at radius 1 is 0.673 bits per heavy atom. The number of hydrogen-bond donors (Lipinski definition) is 2. The molecule has 21 nitrogen and oxygen atoms in total. The van der Waals surface area contributed by atoms with Crippen LogP contribution in [0.3, 0.4) is 0 Å². The number of nitrogens with two attached hydrogens (primary N) is 2. The standard InChI is InChI=1S/C23H26N6O15S5.3Na/c1-14-19(24)21(28-26-15-2-8-18(9-3-15)48(34,35)13-11-40-49(36,37)38)20(25)22(23(14)45-43-41-30)29-27-16-4-6-17(7-5-16)47(32,33)12-10-39-46-44-42-31;;;/h2-9,30-31H,10-13,24-25H2,1H3,(H,36,37,38);;;/q;3*+1/p-3. The van der Waals surface area contributed by atoms with Crippen molar-refractivity contribution in [1.29, 1.82) is 0 Å². The molecule has 268 valence electrons. The van der Waals surface area contributed by atoms with Gasteiger partial charge in [-0.25, -0.2) is 25.3 Å². The molecule has 29 heteroatoms. The van der Waals surface area contributed by atoms with Gasteiger partial charge in [0.1, 0.15) is 11.4 Å². The summed E-state index contributed by atoms with van der Waals surface area (Å²) < 4.78 is 98.5. The van der Waals surface area contributed by atoms with Crippen LogP contribution in [0.15, 0.2) is 83.7 Å². The first-order chi connectivity index (χ1) is 23.1. The molecule has 0 amide bonds. The maximum atomic E-state index is 12.5. The zero-order valence-electron chi connectivity index (χ0n) is 27.6. The van der Waals surface area contributed by atoms with Crippen molar-refractivity contribution in [2.24, 2.45) is 20.5 Å². The van der Waals surface area contributed by atoms with Crippen LogP contribution >= 0.6 is 24.4 Å². The summed E-state index contributed by atoms with van der Waals surface area (Å²) in [5.74, 6) is -1.22. The molecule has 0 aliphatic rings. The van der Waals surface area contributed by atoms with E-state index >= 15 is 0 Å². The van der Waals surface area contributed by atoms with E-state index in [1.165, 1.54) is 43.3 Å². The number of hydrogen-bond acceptors (Lipinski definition) is 23. The first kappa shape index (κ1) is 51.6. The molecular weight excluding hydrogens is 830 g/mol. The molecule has 0 bridgehead atoms. The van der Waals surface area contributed by atoms with Crippen LogP contribution < -0.4 is 111 Å². The fourth-order valence-electron chi connectivity index (χ4n) is 3.56. The molecule has 0 spiro atoms. The molecule has 4 N–H and O–H groups in total. The molecule has 3 aromatic rings. The zero-order valence-corrected chi connectivity index (χ0v) is 37.6. The van der Waals surface area contributed by atoms with Crippen LogP contribution in [0.5, 0.6) is 0 Å². The first-order valence-corrected chi connectivity index (χ1v) is 18.8. The predicted molar refractivity (Wildman–Crippen MR) is 165 cm³/mol. The van der Waals surface area contributed by atoms with Crippen LogP contribution in [0.25, 0.3) is 0 Å². The molecule has 0 unspecified atom stereocenters. The average Bonchev–Trinajstić information content (AvgIpc) is 3.05. The van der Waals surface area contributed by atoms with Crippen molar-refractivity contribution in [1.82, 2.24) is 0 Å². The van der Waals surface area contributed by atoms with Gasteiger partial charge in [0.2, 0.25) is 10.4 Å². The minimum atomic E-state index is -5.06. The minimum Gasteiger partial charge on any atom is -0.726 e. The Kier molecular flexibility index (Phi) is 24.2. The summed E-state index contributed by atoms with van der Waals surface area (Å²) in [7, 11) is -12.9. The Balaban J connectivity index is 0.00000867. The van der Waals surface area contributed by atoms with Gasteiger partial charge in [0, 0.05) is 0 Å². The number of nitrogens with zero attached hydrogens (tertiary/aromatic N) is 4. The maximum absolute atomic E-state index is 12.5. The Morgan fingerprint density at radius 3 is 1.60 bits per heavy atom. The first-order valence-electron chi connectivity index (χ1n) is 12.8. The fraction of sp³-hybridized carbons (Fsp3) is 0.217. The van der Waals surface area contributed by atoms with Crippen molar-refractivity contribution in [2.45, 2.75) is 21.6 Å². The van der Waals surface area contributed by atoms with Crippen molar-refractivity contribution in [3.8, 4) is 0 Å². The third kappa shape index (κ3) is 16.0. The second-order valence-electron chi connectivity index (χ2n) is 8.98. The van der Waals surface area contributed by atoms with E-state index in [1.807, 2.05) is 0 Å². The summed E-state index contributed by atoms with van der Waals surface area (Å²) in [5.41, 5.74) is 12.8. The SMILES string of the molecule is Cc1c(N)c(N=Nc2ccc(S(=O)(=O)CCOS(=O)(=O)[O-])cc2)c(N)c(N=Nc2ccc(S(=O)(=O)CCOSOO[O-])cc2)c1SOO[O-].[Na+].[Na+].[Na+]. The normalized spacial score (nSPS) is 12.0. The van der Waals surface area contributed by atoms with Crippen LogP contribution in [-0.2, 0) is 57.2 Å². The largest absolute Gasteiger partial charge is 1.00 e. The van der Waals surface area contributed by atoms with Gasteiger partial charge in [0.25, 0.3) is 0 Å². The molecule has 0 aromatic heterocycles. The average molecular weight is 853 g/mol. The van der Waals surface area contributed by atoms with E-state index in [0.717, 1.165) is 12.1 Å². The van der Waals surface area contributed by atoms with Gasteiger partial charge in [0.15, 0.2) is 32.0 Å². The summed E-state index contributed by atoms with van der Waals surface area (Å²) in [4.78, 5) is -0.173. The number of rotatable bonds is 19. The molecule has 0 radical (unpaired) electrons. The molecule has 0 fully saturated rings. The van der Waals surface area contributed by atoms with E-state index in [-0.39, 0.29) is 162 Å². The predicted octanol–water partition coefficient (Wildman–Crippen LogP) is -6.94. The Labute approximate surface area is 372 Å². The van der Waals surface area contributed by atoms with Gasteiger partial charge in [0.05, 0.1) is 74.2 Å². The Morgan fingerprint density at radius 2 is 1.13 bits per heavy atom. The van der Waals surface area contributed by atoms with E-state index in [1.54, 1.807) is 0 Å². The van der Waals surface area contributed by atoms with E-state index < -0.39 is 48.2 Å². The number of azo groups is 2. The molecule has 3 rings (SSSR count). The van der Waals surface area contributed by atoms with Gasteiger partial charge in [-0.15, -0.1) is 14.6 Å². The molecule has 0 atom stereocenters. The minimum absolute atomic E-state index is 0. The Bertz CT molecular complexity index is 2000. The number of nitrogen functional groups attached to an aromatic ring is 2. The monoisotopic (exact) mass is 852 g/mol. The van der Waals surface area contributed by atoms with E-state index in [9.17, 15) is 40.3 Å². The third-order valence-corrected chi connectivity index (χ3v) is 10.9. The molecule has 3 aromatic carbocycles. The van der Waals surface area contributed by atoms with E-state index in [0.29, 0.717) is 12.0 Å². The fourth-order valence-corrected chi connectivity index (χ4v) is 7.01. The van der Waals surface area contributed by atoms with Gasteiger partial charge in [-0.05, 0) is 61.0 Å². The number of benzene rings is 3. The third-order valence-electron chi connectivity index (χ3n) is 5.91. The molecule has 0 aliphatic carbocycles. The molecule has 0 saturated heterocycles. The summed E-state index contributed by atoms with van der Waals surface area (Å²) in [6, 6.07) is 10.1. The van der Waals surface area contributed by atoms with Gasteiger partial charge in [-0.2, -0.15) is 14.6 Å². The van der Waals surface area contributed by atoms with Crippen LogP contribution in [0, 0.1) is 6.92 Å². The summed E-state index contributed by atoms with van der Waals surface area (Å²) in [6.45, 7) is 0.341. The molecular formula is C23H23N6Na3O15S5. The number of anilines is 2. The van der Waals surface area contributed by atoms with Crippen LogP contribution in [0.4, 0.5) is 34.1 Å². The number of sulfone groups is 2. The van der Waals surface area contributed by atoms with Crippen molar-refractivity contribution < 1.29 is 156 Å². The van der Waals surface area contributed by atoms with Crippen LogP contribution in [0.2, 0.25) is 0 Å². The van der Waals surface area contributed by atoms with Crippen molar-refractivity contribution in [2.75, 3.05) is 36.2 Å². The van der Waals surface area contributed by atoms with Gasteiger partial charge in [-0.3, -0.25) is 18.4 Å². The van der Waals surface area contributed by atoms with Gasteiger partial charge < -0.3 is 26.5 Å². The van der Waals surface area contributed by atoms with Crippen molar-refractivity contribution >= 4 is 88.6 Å². The Hall–Kier alpha value is -0.350. The quantitative estimate of drug-likeness (QED) is 0.0130. The van der Waals surface area contributed by atoms with Crippen LogP contribution in [-0.4, -0.2) is 54.5 Å². The zero-order chi connectivity index (χ0) is 36.2. The van der Waals surface area contributed by atoms with E-state index in [4.69, 9.17) is 15.7 Å². The second-order valence-corrected chi connectivity index (χ2v) is 15.5. The molecule has 0 saturated carbocycles.